The maximum atomic E-state index is 13.7. The molecule has 5 nitrogen and oxygen atoms in total. The van der Waals surface area contributed by atoms with Crippen LogP contribution in [-0.4, -0.2) is 17.6 Å². The van der Waals surface area contributed by atoms with Gasteiger partial charge in [0, 0.05) is 11.1 Å². The van der Waals surface area contributed by atoms with E-state index in [4.69, 9.17) is 15.2 Å². The zero-order valence-corrected chi connectivity index (χ0v) is 16.3. The fourth-order valence-corrected chi connectivity index (χ4v) is 2.90. The first-order chi connectivity index (χ1) is 11.9. The Hall–Kier alpha value is -1.94. The molecule has 0 aliphatic rings. The molecule has 0 unspecified atom stereocenters. The SMILES string of the molecule is CCOc1cc(C(=O)NC(N)=S)cc(I)c1OCc1ccccc1F. The van der Waals surface area contributed by atoms with E-state index in [1.54, 1.807) is 24.3 Å². The molecule has 0 aromatic heterocycles. The van der Waals surface area contributed by atoms with Crippen molar-refractivity contribution in [3.8, 4) is 11.5 Å². The van der Waals surface area contributed by atoms with Gasteiger partial charge in [-0.3, -0.25) is 10.1 Å². The summed E-state index contributed by atoms with van der Waals surface area (Å²) in [5.41, 5.74) is 6.09. The zero-order valence-electron chi connectivity index (χ0n) is 13.3. The Balaban J connectivity index is 2.29. The van der Waals surface area contributed by atoms with Gasteiger partial charge in [0.15, 0.2) is 16.6 Å². The number of rotatable bonds is 6. The Morgan fingerprint density at radius 3 is 2.68 bits per heavy atom. The number of carbonyl (C=O) groups is 1. The van der Waals surface area contributed by atoms with Crippen LogP contribution in [0.4, 0.5) is 4.39 Å². The van der Waals surface area contributed by atoms with Gasteiger partial charge in [-0.05, 0) is 59.9 Å². The third kappa shape index (κ3) is 5.27. The predicted molar refractivity (Wildman–Crippen MR) is 105 cm³/mol. The number of nitrogens with two attached hydrogens (primary N) is 1. The number of hydrogen-bond donors (Lipinski definition) is 2. The summed E-state index contributed by atoms with van der Waals surface area (Å²) in [7, 11) is 0. The molecule has 0 saturated carbocycles. The Bertz CT molecular complexity index is 801. The van der Waals surface area contributed by atoms with E-state index in [9.17, 15) is 9.18 Å². The molecule has 0 heterocycles. The summed E-state index contributed by atoms with van der Waals surface area (Å²) in [5, 5.41) is 2.25. The molecule has 2 aromatic rings. The molecule has 2 aromatic carbocycles. The molecule has 0 aliphatic heterocycles. The average molecular weight is 474 g/mol. The molecule has 0 saturated heterocycles. The van der Waals surface area contributed by atoms with E-state index in [1.807, 2.05) is 29.5 Å². The standard InChI is InChI=1S/C17H16FIN2O3S/c1-2-23-14-8-11(16(22)21-17(20)25)7-13(19)15(14)24-9-10-5-3-4-6-12(10)18/h3-8H,2,9H2,1H3,(H3,20,21,22,25). The smallest absolute Gasteiger partial charge is 0.257 e. The quantitative estimate of drug-likeness (QED) is 0.496. The summed E-state index contributed by atoms with van der Waals surface area (Å²) < 4.78 is 25.7. The van der Waals surface area contributed by atoms with E-state index in [0.717, 1.165) is 0 Å². The van der Waals surface area contributed by atoms with Crippen LogP contribution in [0.2, 0.25) is 0 Å². The van der Waals surface area contributed by atoms with Crippen molar-refractivity contribution in [2.45, 2.75) is 13.5 Å². The van der Waals surface area contributed by atoms with Gasteiger partial charge in [0.1, 0.15) is 12.4 Å². The van der Waals surface area contributed by atoms with Gasteiger partial charge in [0.05, 0.1) is 10.2 Å². The van der Waals surface area contributed by atoms with Crippen LogP contribution in [-0.2, 0) is 6.61 Å². The van der Waals surface area contributed by atoms with Gasteiger partial charge < -0.3 is 15.2 Å². The number of ether oxygens (including phenoxy) is 2. The molecule has 0 aliphatic carbocycles. The molecule has 0 radical (unpaired) electrons. The summed E-state index contributed by atoms with van der Waals surface area (Å²) in [6, 6.07) is 9.52. The van der Waals surface area contributed by atoms with Gasteiger partial charge in [-0.1, -0.05) is 18.2 Å². The molecular weight excluding hydrogens is 458 g/mol. The average Bonchev–Trinajstić information content (AvgIpc) is 2.55. The fourth-order valence-electron chi connectivity index (χ4n) is 2.05. The molecule has 1 amide bonds. The highest BCUT2D eigenvalue weighted by molar-refractivity contribution is 14.1. The first-order valence-corrected chi connectivity index (χ1v) is 8.84. The topological polar surface area (TPSA) is 73.6 Å². The summed E-state index contributed by atoms with van der Waals surface area (Å²) >= 11 is 6.70. The number of carbonyl (C=O) groups excluding carboxylic acids is 1. The summed E-state index contributed by atoms with van der Waals surface area (Å²) in [6.45, 7) is 2.24. The molecule has 25 heavy (non-hydrogen) atoms. The summed E-state index contributed by atoms with van der Waals surface area (Å²) in [4.78, 5) is 12.1. The third-order valence-corrected chi connectivity index (χ3v) is 4.04. The summed E-state index contributed by atoms with van der Waals surface area (Å²) in [5.74, 6) is 0.0476. The fraction of sp³-hybridized carbons (Fsp3) is 0.176. The van der Waals surface area contributed by atoms with E-state index >= 15 is 0 Å². The highest BCUT2D eigenvalue weighted by Crippen LogP contribution is 2.35. The van der Waals surface area contributed by atoms with Crippen LogP contribution in [0.15, 0.2) is 36.4 Å². The first kappa shape index (κ1) is 19.4. The van der Waals surface area contributed by atoms with Crippen molar-refractivity contribution in [1.82, 2.24) is 5.32 Å². The van der Waals surface area contributed by atoms with Crippen LogP contribution < -0.4 is 20.5 Å². The second kappa shape index (κ2) is 8.95. The van der Waals surface area contributed by atoms with Crippen LogP contribution in [0.1, 0.15) is 22.8 Å². The van der Waals surface area contributed by atoms with Crippen molar-refractivity contribution in [2.75, 3.05) is 6.61 Å². The third-order valence-electron chi connectivity index (χ3n) is 3.14. The number of hydrogen-bond acceptors (Lipinski definition) is 4. The monoisotopic (exact) mass is 474 g/mol. The molecule has 8 heteroatoms. The first-order valence-electron chi connectivity index (χ1n) is 7.35. The highest BCUT2D eigenvalue weighted by Gasteiger charge is 2.17. The van der Waals surface area contributed by atoms with E-state index in [-0.39, 0.29) is 17.5 Å². The maximum Gasteiger partial charge on any atom is 0.257 e. The Morgan fingerprint density at radius 2 is 2.04 bits per heavy atom. The van der Waals surface area contributed by atoms with E-state index in [0.29, 0.717) is 32.8 Å². The molecule has 0 bridgehead atoms. The molecule has 0 spiro atoms. The maximum absolute atomic E-state index is 13.7. The highest BCUT2D eigenvalue weighted by atomic mass is 127. The molecule has 3 N–H and O–H groups in total. The van der Waals surface area contributed by atoms with Gasteiger partial charge in [-0.25, -0.2) is 4.39 Å². The van der Waals surface area contributed by atoms with Crippen LogP contribution >= 0.6 is 34.8 Å². The second-order valence-electron chi connectivity index (χ2n) is 4.92. The van der Waals surface area contributed by atoms with E-state index < -0.39 is 5.91 Å². The minimum atomic E-state index is -0.438. The number of benzene rings is 2. The van der Waals surface area contributed by atoms with E-state index in [1.165, 1.54) is 12.1 Å². The number of thiocarbonyl (C=S) groups is 1. The van der Waals surface area contributed by atoms with Gasteiger partial charge in [0.2, 0.25) is 0 Å². The predicted octanol–water partition coefficient (Wildman–Crippen LogP) is 3.38. The number of amides is 1. The lowest BCUT2D eigenvalue weighted by Gasteiger charge is -2.15. The Kier molecular flexibility index (Phi) is 6.94. The van der Waals surface area contributed by atoms with Crippen LogP contribution in [0.3, 0.4) is 0 Å². The lowest BCUT2D eigenvalue weighted by molar-refractivity contribution is 0.0976. The van der Waals surface area contributed by atoms with Crippen molar-refractivity contribution in [3.05, 3.63) is 56.9 Å². The van der Waals surface area contributed by atoms with Crippen molar-refractivity contribution in [2.24, 2.45) is 5.73 Å². The van der Waals surface area contributed by atoms with Crippen molar-refractivity contribution in [3.63, 3.8) is 0 Å². The van der Waals surface area contributed by atoms with Crippen molar-refractivity contribution in [1.29, 1.82) is 0 Å². The zero-order chi connectivity index (χ0) is 18.4. The van der Waals surface area contributed by atoms with Gasteiger partial charge >= 0.3 is 0 Å². The number of nitrogens with one attached hydrogen (secondary N) is 1. The van der Waals surface area contributed by atoms with Gasteiger partial charge in [-0.2, -0.15) is 0 Å². The lowest BCUT2D eigenvalue weighted by Crippen LogP contribution is -2.34. The Morgan fingerprint density at radius 1 is 1.32 bits per heavy atom. The van der Waals surface area contributed by atoms with Crippen LogP contribution in [0, 0.1) is 9.39 Å². The minimum absolute atomic E-state index is 0.0428. The lowest BCUT2D eigenvalue weighted by atomic mass is 10.2. The molecular formula is C17H16FIN2O3S. The number of halogens is 2. The normalized spacial score (nSPS) is 10.2. The van der Waals surface area contributed by atoms with Crippen molar-refractivity contribution >= 4 is 45.8 Å². The van der Waals surface area contributed by atoms with Gasteiger partial charge in [0.25, 0.3) is 5.91 Å². The second-order valence-corrected chi connectivity index (χ2v) is 6.52. The van der Waals surface area contributed by atoms with Crippen LogP contribution in [0.5, 0.6) is 11.5 Å². The van der Waals surface area contributed by atoms with Gasteiger partial charge in [-0.15, -0.1) is 0 Å². The minimum Gasteiger partial charge on any atom is -0.490 e. The van der Waals surface area contributed by atoms with Crippen molar-refractivity contribution < 1.29 is 18.7 Å². The molecule has 2 rings (SSSR count). The van der Waals surface area contributed by atoms with Crippen LogP contribution in [0.25, 0.3) is 0 Å². The molecule has 132 valence electrons. The summed E-state index contributed by atoms with van der Waals surface area (Å²) in [6.07, 6.45) is 0. The largest absolute Gasteiger partial charge is 0.490 e. The Labute approximate surface area is 163 Å². The molecule has 0 atom stereocenters. The van der Waals surface area contributed by atoms with E-state index in [2.05, 4.69) is 17.5 Å². The molecule has 0 fully saturated rings.